The van der Waals surface area contributed by atoms with Crippen LogP contribution in [0.4, 0.5) is 0 Å². The van der Waals surface area contributed by atoms with Gasteiger partial charge in [0, 0.05) is 18.5 Å². The molecule has 0 atom stereocenters. The van der Waals surface area contributed by atoms with Crippen molar-refractivity contribution in [3.63, 3.8) is 0 Å². The van der Waals surface area contributed by atoms with E-state index in [2.05, 4.69) is 10.9 Å². The number of hydrogen-bond donors (Lipinski definition) is 3. The average molecular weight is 514 g/mol. The number of phenolic OH excluding ortho intramolecular Hbond substituents is 1. The second kappa shape index (κ2) is 11.2. The van der Waals surface area contributed by atoms with Crippen LogP contribution in [0.25, 0.3) is 6.08 Å². The first-order valence-electron chi connectivity index (χ1n) is 10.9. The number of nitrogens with zero attached hydrogens (tertiary/aromatic N) is 1. The van der Waals surface area contributed by atoms with Gasteiger partial charge in [0.1, 0.15) is 10.1 Å². The predicted molar refractivity (Wildman–Crippen MR) is 135 cm³/mol. The SMILES string of the molecule is O=C(CCCCCN1C(=O)C(=Cc2ccc3c(c2)OCO3)SC1=S)NNC(=O)c1cccc(O)c1. The molecule has 0 unspecified atom stereocenters. The Morgan fingerprint density at radius 2 is 1.91 bits per heavy atom. The molecule has 1 fully saturated rings. The van der Waals surface area contributed by atoms with E-state index in [4.69, 9.17) is 21.7 Å². The third-order valence-electron chi connectivity index (χ3n) is 5.28. The van der Waals surface area contributed by atoms with Crippen molar-refractivity contribution >= 4 is 52.1 Å². The van der Waals surface area contributed by atoms with Crippen molar-refractivity contribution < 1.29 is 29.0 Å². The van der Waals surface area contributed by atoms with Gasteiger partial charge in [-0.15, -0.1) is 0 Å². The monoisotopic (exact) mass is 513 g/mol. The third-order valence-corrected chi connectivity index (χ3v) is 6.66. The van der Waals surface area contributed by atoms with E-state index in [0.717, 1.165) is 5.56 Å². The summed E-state index contributed by atoms with van der Waals surface area (Å²) in [7, 11) is 0. The quantitative estimate of drug-likeness (QED) is 0.213. The lowest BCUT2D eigenvalue weighted by molar-refractivity contribution is -0.123. The molecule has 3 amide bonds. The van der Waals surface area contributed by atoms with Crippen molar-refractivity contribution in [1.82, 2.24) is 15.8 Å². The zero-order chi connectivity index (χ0) is 24.8. The number of hydrogen-bond acceptors (Lipinski definition) is 8. The Hall–Kier alpha value is -3.57. The second-order valence-electron chi connectivity index (χ2n) is 7.81. The van der Waals surface area contributed by atoms with Crippen LogP contribution in [0.2, 0.25) is 0 Å². The normalized spacial score (nSPS) is 15.5. The van der Waals surface area contributed by atoms with Crippen LogP contribution in [0.3, 0.4) is 0 Å². The van der Waals surface area contributed by atoms with Crippen LogP contribution in [-0.4, -0.2) is 45.4 Å². The Labute approximate surface area is 211 Å². The number of benzene rings is 2. The van der Waals surface area contributed by atoms with E-state index >= 15 is 0 Å². The van der Waals surface area contributed by atoms with Crippen LogP contribution in [0.5, 0.6) is 17.2 Å². The van der Waals surface area contributed by atoms with Gasteiger partial charge in [-0.25, -0.2) is 0 Å². The number of carbonyl (C=O) groups is 3. The minimum atomic E-state index is -0.516. The van der Waals surface area contributed by atoms with Gasteiger partial charge in [0.2, 0.25) is 12.7 Å². The fourth-order valence-corrected chi connectivity index (χ4v) is 4.80. The second-order valence-corrected chi connectivity index (χ2v) is 9.49. The van der Waals surface area contributed by atoms with Crippen molar-refractivity contribution in [3.05, 3.63) is 58.5 Å². The van der Waals surface area contributed by atoms with Crippen molar-refractivity contribution in [1.29, 1.82) is 0 Å². The first-order valence-corrected chi connectivity index (χ1v) is 12.2. The Kier molecular flexibility index (Phi) is 7.88. The summed E-state index contributed by atoms with van der Waals surface area (Å²) in [5.74, 6) is 0.326. The number of ether oxygens (including phenoxy) is 2. The highest BCUT2D eigenvalue weighted by atomic mass is 32.2. The van der Waals surface area contributed by atoms with Crippen molar-refractivity contribution in [2.45, 2.75) is 25.7 Å². The molecule has 2 aliphatic rings. The number of thioether (sulfide) groups is 1. The largest absolute Gasteiger partial charge is 0.508 e. The molecule has 0 aromatic heterocycles. The summed E-state index contributed by atoms with van der Waals surface area (Å²) < 4.78 is 11.2. The van der Waals surface area contributed by atoms with Crippen LogP contribution >= 0.6 is 24.0 Å². The highest BCUT2D eigenvalue weighted by Crippen LogP contribution is 2.36. The van der Waals surface area contributed by atoms with Crippen LogP contribution in [0.15, 0.2) is 47.4 Å². The van der Waals surface area contributed by atoms with Crippen molar-refractivity contribution in [3.8, 4) is 17.2 Å². The molecule has 0 bridgehead atoms. The third kappa shape index (κ3) is 6.31. The number of carbonyl (C=O) groups excluding carboxylic acids is 3. The van der Waals surface area contributed by atoms with Crippen LogP contribution < -0.4 is 20.3 Å². The van der Waals surface area contributed by atoms with Gasteiger partial charge in [0.25, 0.3) is 11.8 Å². The zero-order valence-corrected chi connectivity index (χ0v) is 20.2. The fraction of sp³-hybridized carbons (Fsp3) is 0.250. The number of phenols is 1. The molecule has 35 heavy (non-hydrogen) atoms. The summed E-state index contributed by atoms with van der Waals surface area (Å²) in [6.07, 6.45) is 4.01. The Morgan fingerprint density at radius 3 is 2.74 bits per heavy atom. The number of amides is 3. The number of rotatable bonds is 8. The number of unbranched alkanes of at least 4 members (excludes halogenated alkanes) is 2. The molecule has 3 N–H and O–H groups in total. The van der Waals surface area contributed by atoms with Crippen LogP contribution in [0, 0.1) is 0 Å². The lowest BCUT2D eigenvalue weighted by atomic mass is 10.1. The van der Waals surface area contributed by atoms with E-state index in [1.54, 1.807) is 11.0 Å². The molecule has 2 aromatic carbocycles. The number of hydrazine groups is 1. The molecule has 4 rings (SSSR count). The van der Waals surface area contributed by atoms with E-state index in [0.29, 0.717) is 46.5 Å². The molecule has 2 aliphatic heterocycles. The summed E-state index contributed by atoms with van der Waals surface area (Å²) >= 11 is 6.64. The Bertz CT molecular complexity index is 1200. The van der Waals surface area contributed by atoms with E-state index in [9.17, 15) is 19.5 Å². The molecule has 2 aromatic rings. The van der Waals surface area contributed by atoms with Gasteiger partial charge >= 0.3 is 0 Å². The van der Waals surface area contributed by atoms with E-state index in [1.807, 2.05) is 18.2 Å². The lowest BCUT2D eigenvalue weighted by Crippen LogP contribution is -2.41. The molecule has 2 heterocycles. The molecule has 0 spiro atoms. The van der Waals surface area contributed by atoms with Crippen molar-refractivity contribution in [2.75, 3.05) is 13.3 Å². The minimum absolute atomic E-state index is 0.0334. The van der Waals surface area contributed by atoms with Gasteiger partial charge in [-0.05, 0) is 54.8 Å². The molecule has 1 saturated heterocycles. The van der Waals surface area contributed by atoms with Crippen LogP contribution in [0.1, 0.15) is 41.6 Å². The molecule has 9 nitrogen and oxygen atoms in total. The first-order chi connectivity index (χ1) is 16.9. The summed E-state index contributed by atoms with van der Waals surface area (Å²) in [6, 6.07) is 11.3. The number of nitrogens with one attached hydrogen (secondary N) is 2. The molecule has 0 radical (unpaired) electrons. The summed E-state index contributed by atoms with van der Waals surface area (Å²) in [5.41, 5.74) is 5.74. The van der Waals surface area contributed by atoms with Gasteiger partial charge in [0.15, 0.2) is 11.5 Å². The number of thiocarbonyl (C=S) groups is 1. The van der Waals surface area contributed by atoms with E-state index < -0.39 is 5.91 Å². The molecular formula is C24H23N3O6S2. The number of aromatic hydroxyl groups is 1. The maximum atomic E-state index is 12.8. The first kappa shape index (κ1) is 24.6. The highest BCUT2D eigenvalue weighted by Gasteiger charge is 2.31. The Balaban J connectivity index is 1.17. The molecule has 0 aliphatic carbocycles. The van der Waals surface area contributed by atoms with Gasteiger partial charge in [-0.1, -0.05) is 42.5 Å². The standard InChI is InChI=1S/C24H23N3O6S2/c28-17-6-4-5-16(13-17)22(30)26-25-21(29)7-2-1-3-10-27-23(31)20(35-24(27)34)12-15-8-9-18-19(11-15)33-14-32-18/h4-6,8-9,11-13,28H,1-3,7,10,14H2,(H,25,29)(H,26,30). The van der Waals surface area contributed by atoms with E-state index in [-0.39, 0.29) is 36.3 Å². The smallest absolute Gasteiger partial charge is 0.269 e. The Morgan fingerprint density at radius 1 is 1.09 bits per heavy atom. The number of fused-ring (bicyclic) bond motifs is 1. The molecule has 11 heteroatoms. The molecular weight excluding hydrogens is 490 g/mol. The molecule has 182 valence electrons. The fourth-order valence-electron chi connectivity index (χ4n) is 3.49. The predicted octanol–water partition coefficient (Wildman–Crippen LogP) is 3.34. The van der Waals surface area contributed by atoms with E-state index in [1.165, 1.54) is 36.0 Å². The topological polar surface area (TPSA) is 117 Å². The van der Waals surface area contributed by atoms with Gasteiger partial charge in [-0.2, -0.15) is 0 Å². The highest BCUT2D eigenvalue weighted by molar-refractivity contribution is 8.26. The van der Waals surface area contributed by atoms with Gasteiger partial charge < -0.3 is 14.6 Å². The maximum Gasteiger partial charge on any atom is 0.269 e. The molecule has 0 saturated carbocycles. The van der Waals surface area contributed by atoms with Gasteiger partial charge in [0.05, 0.1) is 4.91 Å². The average Bonchev–Trinajstić information content (AvgIpc) is 3.41. The lowest BCUT2D eigenvalue weighted by Gasteiger charge is -2.14. The minimum Gasteiger partial charge on any atom is -0.508 e. The maximum absolute atomic E-state index is 12.8. The van der Waals surface area contributed by atoms with Gasteiger partial charge in [-0.3, -0.25) is 30.1 Å². The van der Waals surface area contributed by atoms with Crippen LogP contribution in [-0.2, 0) is 9.59 Å². The summed E-state index contributed by atoms with van der Waals surface area (Å²) in [5, 5.41) is 9.42. The summed E-state index contributed by atoms with van der Waals surface area (Å²) in [4.78, 5) is 38.9. The van der Waals surface area contributed by atoms with Crippen molar-refractivity contribution in [2.24, 2.45) is 0 Å². The zero-order valence-electron chi connectivity index (χ0n) is 18.6. The summed E-state index contributed by atoms with van der Waals surface area (Å²) in [6.45, 7) is 0.662.